The van der Waals surface area contributed by atoms with Crippen LogP contribution in [-0.4, -0.2) is 31.3 Å². The van der Waals surface area contributed by atoms with Crippen LogP contribution in [0.25, 0.3) is 0 Å². The average molecular weight is 277 g/mol. The van der Waals surface area contributed by atoms with Crippen LogP contribution in [0, 0.1) is 0 Å². The highest BCUT2D eigenvalue weighted by molar-refractivity contribution is 7.85. The lowest BCUT2D eigenvalue weighted by molar-refractivity contribution is -0.139. The van der Waals surface area contributed by atoms with E-state index in [9.17, 15) is 17.8 Å². The third-order valence-electron chi connectivity index (χ3n) is 2.37. The van der Waals surface area contributed by atoms with Crippen molar-refractivity contribution in [3.05, 3.63) is 12.2 Å². The molecule has 0 saturated heterocycles. The second kappa shape index (κ2) is 9.10. The van der Waals surface area contributed by atoms with Gasteiger partial charge in [0.1, 0.15) is 0 Å². The summed E-state index contributed by atoms with van der Waals surface area (Å²) in [5.74, 6) is -0.640. The summed E-state index contributed by atoms with van der Waals surface area (Å²) >= 11 is 0. The summed E-state index contributed by atoms with van der Waals surface area (Å²) in [4.78, 5) is 11.0. The molecule has 0 fully saturated rings. The fraction of sp³-hybridized carbons (Fsp3) is 0.750. The lowest BCUT2D eigenvalue weighted by Crippen LogP contribution is -2.06. The normalized spacial score (nSPS) is 11.2. The van der Waals surface area contributed by atoms with Crippen molar-refractivity contribution >= 4 is 16.1 Å². The smallest absolute Gasteiger partial charge is 0.333 e. The Balaban J connectivity index is 3.27. The maximum absolute atomic E-state index is 11.0. The minimum Gasteiger partial charge on any atom is -0.748 e. The molecule has 0 aliphatic rings. The van der Waals surface area contributed by atoms with Gasteiger partial charge in [0, 0.05) is 11.3 Å². The van der Waals surface area contributed by atoms with E-state index in [1.165, 1.54) is 0 Å². The molecule has 0 aliphatic heterocycles. The third-order valence-corrected chi connectivity index (χ3v) is 3.16. The highest BCUT2D eigenvalue weighted by atomic mass is 32.2. The van der Waals surface area contributed by atoms with Gasteiger partial charge < -0.3 is 9.29 Å². The second-order valence-electron chi connectivity index (χ2n) is 4.30. The average Bonchev–Trinajstić information content (AvgIpc) is 2.24. The van der Waals surface area contributed by atoms with Crippen molar-refractivity contribution in [3.8, 4) is 0 Å². The molecule has 0 aromatic carbocycles. The summed E-state index contributed by atoms with van der Waals surface area (Å²) in [6.45, 7) is 5.47. The molecule has 0 bridgehead atoms. The summed E-state index contributed by atoms with van der Waals surface area (Å²) in [7, 11) is -4.06. The van der Waals surface area contributed by atoms with Crippen LogP contribution in [0.5, 0.6) is 0 Å². The van der Waals surface area contributed by atoms with Crippen LogP contribution >= 0.6 is 0 Å². The van der Waals surface area contributed by atoms with Gasteiger partial charge in [0.15, 0.2) is 0 Å². The molecule has 0 N–H and O–H groups in total. The van der Waals surface area contributed by atoms with Gasteiger partial charge in [-0.25, -0.2) is 13.2 Å². The highest BCUT2D eigenvalue weighted by Crippen LogP contribution is 2.07. The first kappa shape index (κ1) is 17.1. The zero-order valence-corrected chi connectivity index (χ0v) is 11.6. The molecule has 18 heavy (non-hydrogen) atoms. The standard InChI is InChI=1S/C12H22O5S/c1-11(2)12(13)17-9-7-5-3-4-6-8-10-18(14,15)16/h1,3-10H2,2H3,(H,14,15,16)/p-1. The first-order valence-electron chi connectivity index (χ1n) is 6.09. The molecule has 106 valence electrons. The van der Waals surface area contributed by atoms with E-state index in [0.717, 1.165) is 32.1 Å². The number of carbonyl (C=O) groups is 1. The molecule has 0 radical (unpaired) electrons. The minimum absolute atomic E-state index is 0.275. The summed E-state index contributed by atoms with van der Waals surface area (Å²) < 4.78 is 35.9. The van der Waals surface area contributed by atoms with Crippen LogP contribution in [0.2, 0.25) is 0 Å². The molecule has 0 spiro atoms. The van der Waals surface area contributed by atoms with Gasteiger partial charge in [0.2, 0.25) is 0 Å². The predicted molar refractivity (Wildman–Crippen MR) is 68.0 cm³/mol. The maximum Gasteiger partial charge on any atom is 0.333 e. The van der Waals surface area contributed by atoms with Crippen molar-refractivity contribution in [2.45, 2.75) is 45.4 Å². The first-order chi connectivity index (χ1) is 8.33. The number of carbonyl (C=O) groups excluding carboxylic acids is 1. The molecule has 0 aliphatic carbocycles. The van der Waals surface area contributed by atoms with Crippen molar-refractivity contribution in [1.29, 1.82) is 0 Å². The lowest BCUT2D eigenvalue weighted by Gasteiger charge is -2.06. The van der Waals surface area contributed by atoms with Crippen molar-refractivity contribution in [1.82, 2.24) is 0 Å². The maximum atomic E-state index is 11.0. The number of rotatable bonds is 10. The van der Waals surface area contributed by atoms with E-state index in [1.807, 2.05) is 0 Å². The SMILES string of the molecule is C=C(C)C(=O)OCCCCCCCCS(=O)(=O)[O-]. The van der Waals surface area contributed by atoms with Gasteiger partial charge in [-0.1, -0.05) is 32.3 Å². The number of hydrogen-bond donors (Lipinski definition) is 0. The number of esters is 1. The Bertz CT molecular complexity index is 359. The largest absolute Gasteiger partial charge is 0.748 e. The van der Waals surface area contributed by atoms with Gasteiger partial charge in [-0.3, -0.25) is 0 Å². The molecule has 5 nitrogen and oxygen atoms in total. The van der Waals surface area contributed by atoms with E-state index < -0.39 is 10.1 Å². The Kier molecular flexibility index (Phi) is 8.66. The van der Waals surface area contributed by atoms with E-state index in [1.54, 1.807) is 6.92 Å². The van der Waals surface area contributed by atoms with Crippen LogP contribution < -0.4 is 0 Å². The molecule has 0 rings (SSSR count). The molecular weight excluding hydrogens is 256 g/mol. The number of ether oxygens (including phenoxy) is 1. The molecule has 0 heterocycles. The van der Waals surface area contributed by atoms with E-state index >= 15 is 0 Å². The molecule has 0 aromatic heterocycles. The van der Waals surface area contributed by atoms with Crippen molar-refractivity contribution in [3.63, 3.8) is 0 Å². The summed E-state index contributed by atoms with van der Waals surface area (Å²) in [6.07, 6.45) is 4.73. The summed E-state index contributed by atoms with van der Waals surface area (Å²) in [5, 5.41) is 0. The Morgan fingerprint density at radius 1 is 1.11 bits per heavy atom. The second-order valence-corrected chi connectivity index (χ2v) is 5.82. The van der Waals surface area contributed by atoms with Crippen molar-refractivity contribution in [2.24, 2.45) is 0 Å². The Labute approximate surface area is 109 Å². The lowest BCUT2D eigenvalue weighted by atomic mass is 10.1. The van der Waals surface area contributed by atoms with E-state index in [2.05, 4.69) is 6.58 Å². The molecule has 6 heteroatoms. The summed E-state index contributed by atoms with van der Waals surface area (Å²) in [6, 6.07) is 0. The van der Waals surface area contributed by atoms with E-state index in [4.69, 9.17) is 4.74 Å². The molecule has 0 unspecified atom stereocenters. The first-order valence-corrected chi connectivity index (χ1v) is 7.67. The zero-order valence-electron chi connectivity index (χ0n) is 10.8. The molecule has 0 atom stereocenters. The van der Waals surface area contributed by atoms with Gasteiger partial charge in [0.25, 0.3) is 0 Å². The number of hydrogen-bond acceptors (Lipinski definition) is 5. The van der Waals surface area contributed by atoms with Crippen molar-refractivity contribution < 1.29 is 22.5 Å². The third kappa shape index (κ3) is 11.6. The topological polar surface area (TPSA) is 83.5 Å². The van der Waals surface area contributed by atoms with Gasteiger partial charge in [-0.15, -0.1) is 0 Å². The molecule has 0 amide bonds. The minimum atomic E-state index is -4.06. The molecule has 0 saturated carbocycles. The van der Waals surface area contributed by atoms with E-state index in [0.29, 0.717) is 18.6 Å². The fourth-order valence-corrected chi connectivity index (χ4v) is 1.93. The van der Waals surface area contributed by atoms with Crippen LogP contribution in [0.1, 0.15) is 45.4 Å². The molecular formula is C12H21O5S-. The monoisotopic (exact) mass is 277 g/mol. The van der Waals surface area contributed by atoms with Crippen LogP contribution in [0.4, 0.5) is 0 Å². The van der Waals surface area contributed by atoms with Crippen LogP contribution in [0.3, 0.4) is 0 Å². The van der Waals surface area contributed by atoms with E-state index in [-0.39, 0.29) is 11.7 Å². The number of unbranched alkanes of at least 4 members (excludes halogenated alkanes) is 5. The Morgan fingerprint density at radius 2 is 1.61 bits per heavy atom. The summed E-state index contributed by atoms with van der Waals surface area (Å²) in [5.41, 5.74) is 0.397. The van der Waals surface area contributed by atoms with Gasteiger partial charge >= 0.3 is 5.97 Å². The Morgan fingerprint density at radius 3 is 2.11 bits per heavy atom. The van der Waals surface area contributed by atoms with Crippen LogP contribution in [0.15, 0.2) is 12.2 Å². The fourth-order valence-electron chi connectivity index (χ4n) is 1.38. The van der Waals surface area contributed by atoms with Gasteiger partial charge in [0.05, 0.1) is 16.7 Å². The van der Waals surface area contributed by atoms with Crippen molar-refractivity contribution in [2.75, 3.05) is 12.4 Å². The van der Waals surface area contributed by atoms with Gasteiger partial charge in [-0.2, -0.15) is 0 Å². The Hall–Kier alpha value is -0.880. The zero-order chi connectivity index (χ0) is 14.0. The van der Waals surface area contributed by atoms with Crippen LogP contribution in [-0.2, 0) is 19.6 Å². The predicted octanol–water partition coefficient (Wildman–Crippen LogP) is 1.99. The highest BCUT2D eigenvalue weighted by Gasteiger charge is 2.01. The van der Waals surface area contributed by atoms with Gasteiger partial charge in [-0.05, 0) is 19.8 Å². The quantitative estimate of drug-likeness (QED) is 0.264. The molecule has 0 aromatic rings.